The van der Waals surface area contributed by atoms with E-state index in [1.165, 1.54) is 0 Å². The zero-order chi connectivity index (χ0) is 25.7. The second-order valence-corrected chi connectivity index (χ2v) is 10.5. The molecule has 188 valence electrons. The minimum atomic E-state index is -1.05. The minimum absolute atomic E-state index is 0.0732. The van der Waals surface area contributed by atoms with E-state index in [1.54, 1.807) is 12.3 Å². The largest absolute Gasteiger partial charge is 0.352 e. The van der Waals surface area contributed by atoms with Crippen molar-refractivity contribution in [2.75, 3.05) is 44.2 Å². The number of nitrogens with one attached hydrogen (secondary N) is 1. The molecule has 9 heteroatoms. The number of nitrogens with zero attached hydrogens (tertiary/aromatic N) is 6. The van der Waals surface area contributed by atoms with Crippen LogP contribution in [-0.4, -0.2) is 83.3 Å². The maximum absolute atomic E-state index is 14.3. The van der Waals surface area contributed by atoms with Gasteiger partial charge in [0, 0.05) is 69.2 Å². The third-order valence-corrected chi connectivity index (χ3v) is 8.30. The highest BCUT2D eigenvalue weighted by molar-refractivity contribution is 5.58. The van der Waals surface area contributed by atoms with E-state index < -0.39 is 17.8 Å². The molecule has 4 aliphatic rings. The molecule has 2 unspecified atom stereocenters. The molecule has 36 heavy (non-hydrogen) atoms. The third kappa shape index (κ3) is 3.71. The Kier molecular flexibility index (Phi) is 5.70. The SMILES string of the molecule is [2H]c1ccc2c(n1)C(C#N)(N1C[C@H]3CNCC(c4cccnc4N4C[C@@H](N)[C@@H](F)C4)N3[C@@H](C)C1)CC=C2. The Labute approximate surface area is 213 Å². The Hall–Kier alpha value is -2.90. The summed E-state index contributed by atoms with van der Waals surface area (Å²) in [6, 6.07) is 10.1. The van der Waals surface area contributed by atoms with E-state index in [9.17, 15) is 9.65 Å². The molecular weight excluding hydrogens is 455 g/mol. The number of anilines is 1. The van der Waals surface area contributed by atoms with Gasteiger partial charge in [-0.05, 0) is 24.6 Å². The molecule has 3 fully saturated rings. The Bertz CT molecular complexity index is 1240. The lowest BCUT2D eigenvalue weighted by molar-refractivity contribution is -0.0501. The number of piperazine rings is 2. The fraction of sp³-hybridized carbons (Fsp3) is 0.519. The van der Waals surface area contributed by atoms with Crippen LogP contribution in [0.4, 0.5) is 10.2 Å². The summed E-state index contributed by atoms with van der Waals surface area (Å²) in [7, 11) is 0. The van der Waals surface area contributed by atoms with Gasteiger partial charge in [0.15, 0.2) is 5.54 Å². The lowest BCUT2D eigenvalue weighted by atomic mass is 9.81. The molecule has 0 saturated carbocycles. The molecule has 6 atom stereocenters. The van der Waals surface area contributed by atoms with Crippen LogP contribution in [0.15, 0.2) is 42.7 Å². The molecule has 2 aromatic rings. The molecule has 0 aromatic carbocycles. The summed E-state index contributed by atoms with van der Waals surface area (Å²) in [5, 5.41) is 14.1. The lowest BCUT2D eigenvalue weighted by Crippen LogP contribution is -2.68. The first-order valence-corrected chi connectivity index (χ1v) is 12.8. The van der Waals surface area contributed by atoms with Crippen LogP contribution >= 0.6 is 0 Å². The average molecular weight is 490 g/mol. The van der Waals surface area contributed by atoms with Gasteiger partial charge in [-0.2, -0.15) is 5.26 Å². The molecular formula is C27H33FN8. The number of fused-ring (bicyclic) bond motifs is 2. The van der Waals surface area contributed by atoms with Gasteiger partial charge in [0.2, 0.25) is 0 Å². The lowest BCUT2D eigenvalue weighted by Gasteiger charge is -2.55. The summed E-state index contributed by atoms with van der Waals surface area (Å²) >= 11 is 0. The topological polar surface area (TPSA) is 97.3 Å². The number of aromatic nitrogens is 2. The van der Waals surface area contributed by atoms with Gasteiger partial charge >= 0.3 is 0 Å². The number of nitriles is 1. The molecule has 6 rings (SSSR count). The zero-order valence-electron chi connectivity index (χ0n) is 21.5. The fourth-order valence-corrected chi connectivity index (χ4v) is 6.64. The highest BCUT2D eigenvalue weighted by Crippen LogP contribution is 2.42. The molecule has 3 aliphatic heterocycles. The highest BCUT2D eigenvalue weighted by atomic mass is 19.1. The van der Waals surface area contributed by atoms with E-state index in [0.29, 0.717) is 31.7 Å². The molecule has 0 amide bonds. The van der Waals surface area contributed by atoms with Gasteiger partial charge in [-0.1, -0.05) is 24.3 Å². The number of hydrogen-bond acceptors (Lipinski definition) is 8. The van der Waals surface area contributed by atoms with Crippen molar-refractivity contribution in [1.82, 2.24) is 25.1 Å². The summed E-state index contributed by atoms with van der Waals surface area (Å²) in [6.07, 6.45) is 5.50. The molecule has 1 aliphatic carbocycles. The van der Waals surface area contributed by atoms with E-state index in [4.69, 9.17) is 7.10 Å². The van der Waals surface area contributed by atoms with Gasteiger partial charge in [0.05, 0.1) is 31.8 Å². The van der Waals surface area contributed by atoms with Crippen molar-refractivity contribution in [3.05, 3.63) is 59.5 Å². The van der Waals surface area contributed by atoms with Crippen LogP contribution in [0.25, 0.3) is 6.08 Å². The van der Waals surface area contributed by atoms with Crippen LogP contribution in [0.3, 0.4) is 0 Å². The van der Waals surface area contributed by atoms with Crippen LogP contribution < -0.4 is 16.0 Å². The van der Waals surface area contributed by atoms with Crippen molar-refractivity contribution in [3.8, 4) is 6.07 Å². The fourth-order valence-electron chi connectivity index (χ4n) is 6.64. The summed E-state index contributed by atoms with van der Waals surface area (Å²) in [5.74, 6) is 0.812. The molecule has 3 N–H and O–H groups in total. The van der Waals surface area contributed by atoms with Gasteiger partial charge in [0.1, 0.15) is 12.0 Å². The van der Waals surface area contributed by atoms with Crippen LogP contribution in [-0.2, 0) is 5.54 Å². The average Bonchev–Trinajstić information content (AvgIpc) is 3.25. The molecule has 5 heterocycles. The third-order valence-electron chi connectivity index (χ3n) is 8.30. The van der Waals surface area contributed by atoms with Crippen LogP contribution in [0, 0.1) is 11.3 Å². The smallest absolute Gasteiger partial charge is 0.155 e. The molecule has 3 saturated heterocycles. The number of pyridine rings is 2. The van der Waals surface area contributed by atoms with E-state index in [-0.39, 0.29) is 30.8 Å². The van der Waals surface area contributed by atoms with E-state index >= 15 is 0 Å². The first kappa shape index (κ1) is 22.3. The van der Waals surface area contributed by atoms with Gasteiger partial charge in [-0.25, -0.2) is 9.37 Å². The van der Waals surface area contributed by atoms with Crippen LogP contribution in [0.5, 0.6) is 0 Å². The quantitative estimate of drug-likeness (QED) is 0.674. The predicted molar refractivity (Wildman–Crippen MR) is 137 cm³/mol. The Morgan fingerprint density at radius 2 is 2.11 bits per heavy atom. The normalized spacial score (nSPS) is 35.1. The number of nitrogens with two attached hydrogens (primary N) is 1. The van der Waals surface area contributed by atoms with Crippen molar-refractivity contribution in [2.24, 2.45) is 5.73 Å². The monoisotopic (exact) mass is 489 g/mol. The van der Waals surface area contributed by atoms with Gasteiger partial charge in [-0.3, -0.25) is 14.8 Å². The van der Waals surface area contributed by atoms with E-state index in [1.807, 2.05) is 23.1 Å². The van der Waals surface area contributed by atoms with Crippen molar-refractivity contribution < 1.29 is 5.76 Å². The molecule has 0 radical (unpaired) electrons. The standard InChI is InChI=1S/C27H33FN8/c1-18-13-35(27(17-29)8-2-5-19-6-3-9-32-25(19)27)14-20-11-31-12-24(36(18)20)21-7-4-10-33-26(21)34-15-22(28)23(30)16-34/h2-7,9-10,18,20,22-24,31H,8,11-16,30H2,1H3/t18-,20+,22-,23+,24?,27?/m0/s1/i9D. The second-order valence-electron chi connectivity index (χ2n) is 10.5. The van der Waals surface area contributed by atoms with Crippen LogP contribution in [0.2, 0.25) is 0 Å². The molecule has 8 nitrogen and oxygen atoms in total. The van der Waals surface area contributed by atoms with Gasteiger partial charge < -0.3 is 16.0 Å². The van der Waals surface area contributed by atoms with Crippen molar-refractivity contribution in [1.29, 1.82) is 5.26 Å². The summed E-state index contributed by atoms with van der Waals surface area (Å²) in [5.41, 5.74) is 7.79. The summed E-state index contributed by atoms with van der Waals surface area (Å²) in [4.78, 5) is 16.0. The summed E-state index contributed by atoms with van der Waals surface area (Å²) < 4.78 is 22.4. The first-order valence-electron chi connectivity index (χ1n) is 13.3. The minimum Gasteiger partial charge on any atom is -0.352 e. The number of rotatable bonds is 3. The van der Waals surface area contributed by atoms with E-state index in [0.717, 1.165) is 30.0 Å². The van der Waals surface area contributed by atoms with E-state index in [2.05, 4.69) is 50.2 Å². The number of halogens is 1. The Morgan fingerprint density at radius 1 is 1.22 bits per heavy atom. The Balaban J connectivity index is 1.31. The number of hydrogen-bond donors (Lipinski definition) is 2. The molecule has 0 bridgehead atoms. The van der Waals surface area contributed by atoms with Crippen molar-refractivity contribution >= 4 is 11.9 Å². The predicted octanol–water partition coefficient (Wildman–Crippen LogP) is 1.82. The maximum Gasteiger partial charge on any atom is 0.155 e. The van der Waals surface area contributed by atoms with Gasteiger partial charge in [-0.15, -0.1) is 0 Å². The molecule has 2 aromatic heterocycles. The first-order chi connectivity index (χ1) is 17.9. The highest BCUT2D eigenvalue weighted by Gasteiger charge is 2.49. The Morgan fingerprint density at radius 3 is 2.92 bits per heavy atom. The van der Waals surface area contributed by atoms with Crippen molar-refractivity contribution in [3.63, 3.8) is 0 Å². The van der Waals surface area contributed by atoms with Crippen LogP contribution in [0.1, 0.15) is 37.6 Å². The molecule has 0 spiro atoms. The summed E-state index contributed by atoms with van der Waals surface area (Å²) in [6.45, 7) is 5.93. The maximum atomic E-state index is 14.3. The number of alkyl halides is 1. The van der Waals surface area contributed by atoms with Gasteiger partial charge in [0.25, 0.3) is 0 Å². The zero-order valence-corrected chi connectivity index (χ0v) is 20.5. The second kappa shape index (κ2) is 9.20. The van der Waals surface area contributed by atoms with Crippen molar-refractivity contribution in [2.45, 2.75) is 49.2 Å².